The maximum absolute atomic E-state index is 12.8. The number of rotatable bonds is 7. The largest absolute Gasteiger partial charge is 0.272 e. The Morgan fingerprint density at radius 3 is 2.63 bits per heavy atom. The van der Waals surface area contributed by atoms with E-state index in [1.807, 2.05) is 34.7 Å². The zero-order valence-electron chi connectivity index (χ0n) is 14.9. The highest BCUT2D eigenvalue weighted by Gasteiger charge is 2.15. The average molecular weight is 376 g/mol. The number of para-hydroxylation sites is 1. The van der Waals surface area contributed by atoms with Gasteiger partial charge < -0.3 is 0 Å². The predicted octanol–water partition coefficient (Wildman–Crippen LogP) is 3.96. The predicted molar refractivity (Wildman–Crippen MR) is 110 cm³/mol. The van der Waals surface area contributed by atoms with Crippen LogP contribution >= 0.6 is 11.8 Å². The van der Waals surface area contributed by atoms with E-state index in [2.05, 4.69) is 41.0 Å². The topological polar surface area (TPSA) is 52.2 Å². The van der Waals surface area contributed by atoms with Crippen LogP contribution in [0.2, 0.25) is 0 Å². The minimum Gasteiger partial charge on any atom is -0.272 e. The summed E-state index contributed by atoms with van der Waals surface area (Å²) in [4.78, 5) is 12.8. The third-order valence-electron chi connectivity index (χ3n) is 4.47. The molecule has 0 saturated heterocycles. The van der Waals surface area contributed by atoms with Crippen molar-refractivity contribution in [1.82, 2.24) is 19.2 Å². The summed E-state index contributed by atoms with van der Waals surface area (Å²) in [6, 6.07) is 18.1. The van der Waals surface area contributed by atoms with Gasteiger partial charge in [-0.25, -0.2) is 0 Å². The molecule has 5 nitrogen and oxygen atoms in total. The van der Waals surface area contributed by atoms with Gasteiger partial charge in [-0.2, -0.15) is 0 Å². The van der Waals surface area contributed by atoms with Gasteiger partial charge in [0.2, 0.25) is 5.78 Å². The molecule has 4 rings (SSSR count). The molecular formula is C21H20N4OS. The molecule has 0 bridgehead atoms. The number of thioether (sulfide) groups is 1. The number of nitrogens with zero attached hydrogens (tertiary/aromatic N) is 4. The number of aryl methyl sites for hydroxylation is 1. The summed E-state index contributed by atoms with van der Waals surface area (Å²) in [5, 5.41) is 10.1. The van der Waals surface area contributed by atoms with Crippen molar-refractivity contribution in [2.75, 3.05) is 5.75 Å². The van der Waals surface area contributed by atoms with Crippen molar-refractivity contribution < 1.29 is 0 Å². The van der Waals surface area contributed by atoms with Crippen LogP contribution in [0, 0.1) is 0 Å². The van der Waals surface area contributed by atoms with Gasteiger partial charge in [-0.3, -0.25) is 13.8 Å². The van der Waals surface area contributed by atoms with Crippen LogP contribution in [-0.4, -0.2) is 24.9 Å². The molecule has 4 aromatic rings. The molecule has 6 heteroatoms. The van der Waals surface area contributed by atoms with E-state index in [0.717, 1.165) is 29.3 Å². The molecule has 0 saturated carbocycles. The standard InChI is InChI=1S/C21H20N4OS/c1-2-14-24-19(26)17-12-6-7-13-18(17)25-20(24)22-23-21(25)27-15-8-11-16-9-4-3-5-10-16/h2-7,9-10,12-13H,1,8,11,14-15H2. The summed E-state index contributed by atoms with van der Waals surface area (Å²) in [5.74, 6) is 1.49. The third kappa shape index (κ3) is 3.40. The minimum atomic E-state index is -0.0639. The lowest BCUT2D eigenvalue weighted by molar-refractivity contribution is 0.783. The summed E-state index contributed by atoms with van der Waals surface area (Å²) < 4.78 is 3.60. The lowest BCUT2D eigenvalue weighted by Crippen LogP contribution is -2.22. The Kier molecular flexibility index (Phi) is 5.07. The second kappa shape index (κ2) is 7.80. The van der Waals surface area contributed by atoms with Gasteiger partial charge in [-0.1, -0.05) is 60.3 Å². The van der Waals surface area contributed by atoms with E-state index in [9.17, 15) is 4.79 Å². The van der Waals surface area contributed by atoms with Gasteiger partial charge in [0.25, 0.3) is 5.56 Å². The molecule has 0 fully saturated rings. The molecule has 0 spiro atoms. The molecule has 0 aliphatic carbocycles. The monoisotopic (exact) mass is 376 g/mol. The van der Waals surface area contributed by atoms with Crippen molar-refractivity contribution in [2.24, 2.45) is 0 Å². The Balaban J connectivity index is 1.65. The molecule has 2 heterocycles. The summed E-state index contributed by atoms with van der Waals surface area (Å²) in [6.45, 7) is 4.16. The fourth-order valence-corrected chi connectivity index (χ4v) is 4.08. The lowest BCUT2D eigenvalue weighted by atomic mass is 10.1. The van der Waals surface area contributed by atoms with E-state index in [-0.39, 0.29) is 5.56 Å². The van der Waals surface area contributed by atoms with Gasteiger partial charge in [0.15, 0.2) is 5.16 Å². The zero-order chi connectivity index (χ0) is 18.6. The smallest absolute Gasteiger partial charge is 0.263 e. The molecule has 0 unspecified atom stereocenters. The molecule has 0 aliphatic rings. The second-order valence-corrected chi connectivity index (χ2v) is 7.34. The van der Waals surface area contributed by atoms with E-state index in [4.69, 9.17) is 0 Å². The molecule has 2 aromatic heterocycles. The lowest BCUT2D eigenvalue weighted by Gasteiger charge is -2.09. The maximum atomic E-state index is 12.8. The zero-order valence-corrected chi connectivity index (χ0v) is 15.7. The van der Waals surface area contributed by atoms with Crippen molar-refractivity contribution in [2.45, 2.75) is 24.5 Å². The maximum Gasteiger partial charge on any atom is 0.263 e. The van der Waals surface area contributed by atoms with Gasteiger partial charge in [-0.05, 0) is 30.5 Å². The summed E-state index contributed by atoms with van der Waals surface area (Å²) >= 11 is 1.67. The Labute approximate surface area is 161 Å². The van der Waals surface area contributed by atoms with Gasteiger partial charge in [-0.15, -0.1) is 16.8 Å². The number of hydrogen-bond acceptors (Lipinski definition) is 4. The van der Waals surface area contributed by atoms with Crippen LogP contribution in [0.25, 0.3) is 16.7 Å². The van der Waals surface area contributed by atoms with Crippen molar-refractivity contribution in [1.29, 1.82) is 0 Å². The number of benzene rings is 2. The molecule has 2 aromatic carbocycles. The van der Waals surface area contributed by atoms with Crippen molar-refractivity contribution in [3.8, 4) is 0 Å². The Hall–Kier alpha value is -2.86. The molecule has 0 aliphatic heterocycles. The molecular weight excluding hydrogens is 356 g/mol. The van der Waals surface area contributed by atoms with Crippen LogP contribution in [0.4, 0.5) is 0 Å². The molecule has 27 heavy (non-hydrogen) atoms. The summed E-state index contributed by atoms with van der Waals surface area (Å²) in [5.41, 5.74) is 2.12. The van der Waals surface area contributed by atoms with Crippen molar-refractivity contribution in [3.05, 3.63) is 83.2 Å². The van der Waals surface area contributed by atoms with Crippen LogP contribution in [0.5, 0.6) is 0 Å². The van der Waals surface area contributed by atoms with Crippen molar-refractivity contribution >= 4 is 28.4 Å². The van der Waals surface area contributed by atoms with E-state index >= 15 is 0 Å². The highest BCUT2D eigenvalue weighted by molar-refractivity contribution is 7.99. The van der Waals surface area contributed by atoms with Crippen LogP contribution in [0.3, 0.4) is 0 Å². The fourth-order valence-electron chi connectivity index (χ4n) is 3.21. The normalized spacial score (nSPS) is 11.3. The molecule has 0 N–H and O–H groups in total. The Morgan fingerprint density at radius 1 is 1.04 bits per heavy atom. The first kappa shape index (κ1) is 17.5. The Bertz CT molecular complexity index is 1150. The highest BCUT2D eigenvalue weighted by atomic mass is 32.2. The quantitative estimate of drug-likeness (QED) is 0.278. The van der Waals surface area contributed by atoms with E-state index in [1.54, 1.807) is 22.4 Å². The minimum absolute atomic E-state index is 0.0639. The van der Waals surface area contributed by atoms with Crippen LogP contribution in [-0.2, 0) is 13.0 Å². The summed E-state index contributed by atoms with van der Waals surface area (Å²) in [7, 11) is 0. The number of allylic oxidation sites excluding steroid dienone is 1. The molecule has 0 radical (unpaired) electrons. The van der Waals surface area contributed by atoms with E-state index in [1.165, 1.54) is 5.56 Å². The van der Waals surface area contributed by atoms with Gasteiger partial charge in [0.05, 0.1) is 10.9 Å². The third-order valence-corrected chi connectivity index (χ3v) is 5.49. The van der Waals surface area contributed by atoms with E-state index in [0.29, 0.717) is 17.7 Å². The number of hydrogen-bond donors (Lipinski definition) is 0. The van der Waals surface area contributed by atoms with Gasteiger partial charge in [0, 0.05) is 12.3 Å². The SMILES string of the molecule is C=CCn1c(=O)c2ccccc2n2c(SCCCc3ccccc3)nnc12. The average Bonchev–Trinajstić information content (AvgIpc) is 3.13. The van der Waals surface area contributed by atoms with Crippen molar-refractivity contribution in [3.63, 3.8) is 0 Å². The number of fused-ring (bicyclic) bond motifs is 3. The first-order chi connectivity index (χ1) is 13.3. The first-order valence-electron chi connectivity index (χ1n) is 8.94. The number of aromatic nitrogens is 4. The van der Waals surface area contributed by atoms with Gasteiger partial charge >= 0.3 is 0 Å². The molecule has 0 atom stereocenters. The molecule has 0 amide bonds. The van der Waals surface area contributed by atoms with Crippen LogP contribution in [0.15, 0.2) is 77.2 Å². The summed E-state index contributed by atoms with van der Waals surface area (Å²) in [6.07, 6.45) is 3.79. The van der Waals surface area contributed by atoms with E-state index < -0.39 is 0 Å². The van der Waals surface area contributed by atoms with Crippen LogP contribution in [0.1, 0.15) is 12.0 Å². The fraction of sp³-hybridized carbons (Fsp3) is 0.190. The van der Waals surface area contributed by atoms with Crippen LogP contribution < -0.4 is 5.56 Å². The second-order valence-electron chi connectivity index (χ2n) is 6.28. The van der Waals surface area contributed by atoms with Gasteiger partial charge in [0.1, 0.15) is 0 Å². The first-order valence-corrected chi connectivity index (χ1v) is 9.92. The molecule has 136 valence electrons. The Morgan fingerprint density at radius 2 is 1.81 bits per heavy atom. The highest BCUT2D eigenvalue weighted by Crippen LogP contribution is 2.22.